The highest BCUT2D eigenvalue weighted by atomic mass is 79.9. The first kappa shape index (κ1) is 14.5. The van der Waals surface area contributed by atoms with E-state index < -0.39 is 0 Å². The summed E-state index contributed by atoms with van der Waals surface area (Å²) in [5, 5.41) is 13.8. The van der Waals surface area contributed by atoms with Gasteiger partial charge < -0.3 is 4.74 Å². The molecule has 2 aromatic rings. The zero-order chi connectivity index (χ0) is 14.7. The lowest BCUT2D eigenvalue weighted by molar-refractivity contribution is 0.109. The predicted molar refractivity (Wildman–Crippen MR) is 84.8 cm³/mol. The van der Waals surface area contributed by atoms with E-state index in [0.717, 1.165) is 40.4 Å². The number of nitrogens with one attached hydrogen (secondary N) is 1. The molecule has 1 fully saturated rings. The van der Waals surface area contributed by atoms with Gasteiger partial charge in [0.1, 0.15) is 6.04 Å². The standard InChI is InChI=1S/C16H16BrN3O/c17-14-6-5-13(16-12(14)4-1-7-19-16)15(9-18)20-10-11-3-2-8-21-11/h1,4-7,11,15,20H,2-3,8,10H2. The molecule has 108 valence electrons. The molecule has 2 atom stereocenters. The average Bonchev–Trinajstić information content (AvgIpc) is 3.03. The van der Waals surface area contributed by atoms with E-state index in [4.69, 9.17) is 4.74 Å². The number of halogens is 1. The Morgan fingerprint density at radius 1 is 1.48 bits per heavy atom. The van der Waals surface area contributed by atoms with Crippen LogP contribution in [0.1, 0.15) is 24.4 Å². The van der Waals surface area contributed by atoms with Crippen molar-refractivity contribution in [2.75, 3.05) is 13.2 Å². The maximum atomic E-state index is 9.49. The first-order chi connectivity index (χ1) is 10.3. The molecule has 1 N–H and O–H groups in total. The first-order valence-corrected chi connectivity index (χ1v) is 7.86. The monoisotopic (exact) mass is 345 g/mol. The van der Waals surface area contributed by atoms with Gasteiger partial charge >= 0.3 is 0 Å². The first-order valence-electron chi connectivity index (χ1n) is 7.07. The average molecular weight is 346 g/mol. The quantitative estimate of drug-likeness (QED) is 0.923. The minimum Gasteiger partial charge on any atom is -0.377 e. The normalized spacial score (nSPS) is 19.5. The number of nitrogens with zero attached hydrogens (tertiary/aromatic N) is 2. The number of hydrogen-bond donors (Lipinski definition) is 1. The number of hydrogen-bond acceptors (Lipinski definition) is 4. The third-order valence-corrected chi connectivity index (χ3v) is 4.45. The Kier molecular flexibility index (Phi) is 4.49. The van der Waals surface area contributed by atoms with E-state index in [1.165, 1.54) is 0 Å². The molecule has 0 amide bonds. The minimum atomic E-state index is -0.375. The van der Waals surface area contributed by atoms with Crippen molar-refractivity contribution < 1.29 is 4.74 Å². The van der Waals surface area contributed by atoms with Crippen LogP contribution in [0.3, 0.4) is 0 Å². The van der Waals surface area contributed by atoms with Gasteiger partial charge in [0, 0.05) is 34.8 Å². The second-order valence-corrected chi connectivity index (χ2v) is 6.00. The Morgan fingerprint density at radius 3 is 3.14 bits per heavy atom. The van der Waals surface area contributed by atoms with E-state index in [9.17, 15) is 5.26 Å². The lowest BCUT2D eigenvalue weighted by Crippen LogP contribution is -2.29. The molecule has 0 radical (unpaired) electrons. The largest absolute Gasteiger partial charge is 0.377 e. The van der Waals surface area contributed by atoms with E-state index >= 15 is 0 Å². The van der Waals surface area contributed by atoms with Crippen molar-refractivity contribution in [3.63, 3.8) is 0 Å². The van der Waals surface area contributed by atoms with Crippen LogP contribution in [0.5, 0.6) is 0 Å². The van der Waals surface area contributed by atoms with Crippen molar-refractivity contribution in [3.05, 3.63) is 40.5 Å². The lowest BCUT2D eigenvalue weighted by Gasteiger charge is -2.17. The summed E-state index contributed by atoms with van der Waals surface area (Å²) in [4.78, 5) is 4.44. The van der Waals surface area contributed by atoms with Crippen LogP contribution in [0.25, 0.3) is 10.9 Å². The van der Waals surface area contributed by atoms with E-state index in [1.807, 2.05) is 24.3 Å². The van der Waals surface area contributed by atoms with Crippen LogP contribution in [-0.2, 0) is 4.74 Å². The topological polar surface area (TPSA) is 57.9 Å². The molecule has 1 aliphatic rings. The van der Waals surface area contributed by atoms with Gasteiger partial charge in [-0.05, 0) is 25.0 Å². The molecule has 1 aliphatic heterocycles. The summed E-state index contributed by atoms with van der Waals surface area (Å²) in [6.45, 7) is 1.52. The van der Waals surface area contributed by atoms with Gasteiger partial charge in [-0.25, -0.2) is 0 Å². The minimum absolute atomic E-state index is 0.218. The summed E-state index contributed by atoms with van der Waals surface area (Å²) in [6.07, 6.45) is 4.14. The van der Waals surface area contributed by atoms with E-state index in [-0.39, 0.29) is 12.1 Å². The Hall–Kier alpha value is -1.48. The molecule has 1 aromatic heterocycles. The zero-order valence-corrected chi connectivity index (χ0v) is 13.1. The molecule has 2 unspecified atom stereocenters. The fourth-order valence-corrected chi connectivity index (χ4v) is 3.12. The van der Waals surface area contributed by atoms with Gasteiger partial charge in [-0.3, -0.25) is 10.3 Å². The van der Waals surface area contributed by atoms with Gasteiger partial charge in [-0.1, -0.05) is 28.1 Å². The number of fused-ring (bicyclic) bond motifs is 1. The van der Waals surface area contributed by atoms with Crippen molar-refractivity contribution in [1.29, 1.82) is 5.26 Å². The highest BCUT2D eigenvalue weighted by Crippen LogP contribution is 2.28. The van der Waals surface area contributed by atoms with Gasteiger partial charge in [0.05, 0.1) is 17.7 Å². The molecule has 0 bridgehead atoms. The van der Waals surface area contributed by atoms with Crippen molar-refractivity contribution in [1.82, 2.24) is 10.3 Å². The number of pyridine rings is 1. The van der Waals surface area contributed by atoms with Gasteiger partial charge in [0.15, 0.2) is 0 Å². The maximum absolute atomic E-state index is 9.49. The molecule has 4 nitrogen and oxygen atoms in total. The lowest BCUT2D eigenvalue weighted by atomic mass is 10.0. The van der Waals surface area contributed by atoms with Crippen LogP contribution in [0, 0.1) is 11.3 Å². The van der Waals surface area contributed by atoms with Gasteiger partial charge in [-0.2, -0.15) is 5.26 Å². The zero-order valence-electron chi connectivity index (χ0n) is 11.6. The number of ether oxygens (including phenoxy) is 1. The molecule has 2 heterocycles. The van der Waals surface area contributed by atoms with Crippen LogP contribution < -0.4 is 5.32 Å². The van der Waals surface area contributed by atoms with Crippen molar-refractivity contribution >= 4 is 26.8 Å². The number of benzene rings is 1. The Morgan fingerprint density at radius 2 is 2.38 bits per heavy atom. The van der Waals surface area contributed by atoms with E-state index in [0.29, 0.717) is 6.54 Å². The molecule has 3 rings (SSSR count). The summed E-state index contributed by atoms with van der Waals surface area (Å²) in [7, 11) is 0. The number of rotatable bonds is 4. The Bertz CT molecular complexity index is 677. The summed E-state index contributed by atoms with van der Waals surface area (Å²) < 4.78 is 6.59. The molecule has 0 spiro atoms. The number of nitriles is 1. The summed E-state index contributed by atoms with van der Waals surface area (Å²) in [5.74, 6) is 0. The molecule has 1 saturated heterocycles. The molecular weight excluding hydrogens is 330 g/mol. The SMILES string of the molecule is N#CC(NCC1CCCO1)c1ccc(Br)c2cccnc12. The predicted octanol–water partition coefficient (Wildman–Crippen LogP) is 3.33. The smallest absolute Gasteiger partial charge is 0.123 e. The summed E-state index contributed by atoms with van der Waals surface area (Å²) in [5.41, 5.74) is 1.77. The van der Waals surface area contributed by atoms with E-state index in [2.05, 4.69) is 32.3 Å². The van der Waals surface area contributed by atoms with Crippen LogP contribution in [0.2, 0.25) is 0 Å². The van der Waals surface area contributed by atoms with Crippen LogP contribution in [0.15, 0.2) is 34.9 Å². The third-order valence-electron chi connectivity index (χ3n) is 3.76. The van der Waals surface area contributed by atoms with Crippen LogP contribution in [0.4, 0.5) is 0 Å². The molecule has 21 heavy (non-hydrogen) atoms. The van der Waals surface area contributed by atoms with Gasteiger partial charge in [-0.15, -0.1) is 0 Å². The number of aromatic nitrogens is 1. The maximum Gasteiger partial charge on any atom is 0.123 e. The van der Waals surface area contributed by atoms with Gasteiger partial charge in [0.2, 0.25) is 0 Å². The van der Waals surface area contributed by atoms with Crippen molar-refractivity contribution in [3.8, 4) is 6.07 Å². The summed E-state index contributed by atoms with van der Waals surface area (Å²) in [6, 6.07) is 9.79. The highest BCUT2D eigenvalue weighted by molar-refractivity contribution is 9.10. The Labute approximate surface area is 132 Å². The molecule has 5 heteroatoms. The van der Waals surface area contributed by atoms with Crippen LogP contribution in [-0.4, -0.2) is 24.2 Å². The van der Waals surface area contributed by atoms with Gasteiger partial charge in [0.25, 0.3) is 0 Å². The molecule has 0 aliphatic carbocycles. The Balaban J connectivity index is 1.86. The summed E-state index contributed by atoms with van der Waals surface area (Å²) >= 11 is 3.53. The molecule has 0 saturated carbocycles. The molecule has 1 aromatic carbocycles. The fraction of sp³-hybridized carbons (Fsp3) is 0.375. The fourth-order valence-electron chi connectivity index (χ4n) is 2.67. The highest BCUT2D eigenvalue weighted by Gasteiger charge is 2.20. The van der Waals surface area contributed by atoms with Crippen LogP contribution >= 0.6 is 15.9 Å². The molecular formula is C16H16BrN3O. The second-order valence-electron chi connectivity index (χ2n) is 5.14. The van der Waals surface area contributed by atoms with Crippen molar-refractivity contribution in [2.45, 2.75) is 25.0 Å². The van der Waals surface area contributed by atoms with E-state index in [1.54, 1.807) is 6.20 Å². The second kappa shape index (κ2) is 6.52. The third kappa shape index (κ3) is 3.08. The van der Waals surface area contributed by atoms with Crippen molar-refractivity contribution in [2.24, 2.45) is 0 Å².